The van der Waals surface area contributed by atoms with Crippen LogP contribution in [0.1, 0.15) is 23.5 Å². The van der Waals surface area contributed by atoms with E-state index in [4.69, 9.17) is 0 Å². The van der Waals surface area contributed by atoms with Crippen molar-refractivity contribution in [2.75, 3.05) is 12.0 Å². The second-order valence-corrected chi connectivity index (χ2v) is 5.99. The van der Waals surface area contributed by atoms with Gasteiger partial charge >= 0.3 is 0 Å². The van der Waals surface area contributed by atoms with Gasteiger partial charge in [0.05, 0.1) is 0 Å². The molecule has 0 N–H and O–H groups in total. The minimum Gasteiger partial charge on any atom is -0.260 e. The molecule has 0 bridgehead atoms. The second kappa shape index (κ2) is 6.50. The number of rotatable bonds is 5. The van der Waals surface area contributed by atoms with E-state index in [1.54, 1.807) is 6.26 Å². The van der Waals surface area contributed by atoms with Crippen LogP contribution in [0.3, 0.4) is 0 Å². The highest BCUT2D eigenvalue weighted by molar-refractivity contribution is 7.84. The van der Waals surface area contributed by atoms with Crippen LogP contribution in [0.25, 0.3) is 0 Å². The largest absolute Gasteiger partial charge is 0.260 e. The summed E-state index contributed by atoms with van der Waals surface area (Å²) >= 11 is 0. The minimum atomic E-state index is -0.734. The number of hydrogen-bond donors (Lipinski definition) is 0. The monoisotopic (exact) mass is 258 g/mol. The molecule has 0 aromatic heterocycles. The second-order valence-electron chi connectivity index (χ2n) is 4.44. The fourth-order valence-electron chi connectivity index (χ4n) is 2.18. The summed E-state index contributed by atoms with van der Waals surface area (Å²) in [7, 11) is -0.734. The van der Waals surface area contributed by atoms with Crippen LogP contribution in [-0.4, -0.2) is 16.2 Å². The third-order valence-electron chi connectivity index (χ3n) is 3.10. The molecule has 1 unspecified atom stereocenters. The molecule has 2 heteroatoms. The van der Waals surface area contributed by atoms with Gasteiger partial charge in [0.2, 0.25) is 0 Å². The Kier molecular flexibility index (Phi) is 4.71. The Bertz CT molecular complexity index is 454. The van der Waals surface area contributed by atoms with Crippen LogP contribution in [0, 0.1) is 0 Å². The molecule has 2 aromatic rings. The molecule has 0 saturated carbocycles. The van der Waals surface area contributed by atoms with Crippen LogP contribution in [-0.2, 0) is 10.8 Å². The number of benzene rings is 2. The summed E-state index contributed by atoms with van der Waals surface area (Å²) in [5.74, 6) is 1.09. The summed E-state index contributed by atoms with van der Waals surface area (Å²) in [6.45, 7) is 0. The van der Waals surface area contributed by atoms with Gasteiger partial charge in [-0.25, -0.2) is 0 Å². The standard InChI is InChI=1S/C16H18OS/c1-18(17)13-12-16(14-8-4-2-5-9-14)15-10-6-3-7-11-15/h2-11,16H,12-13H2,1H3. The lowest BCUT2D eigenvalue weighted by molar-refractivity contribution is 0.679. The predicted molar refractivity (Wildman–Crippen MR) is 78.3 cm³/mol. The molecule has 0 amide bonds. The molecule has 0 radical (unpaired) electrons. The summed E-state index contributed by atoms with van der Waals surface area (Å²) in [5, 5.41) is 0. The summed E-state index contributed by atoms with van der Waals surface area (Å²) in [6.07, 6.45) is 2.70. The maximum Gasteiger partial charge on any atom is 0.0241 e. The minimum absolute atomic E-state index is 0.344. The third-order valence-corrected chi connectivity index (χ3v) is 3.91. The molecule has 2 aromatic carbocycles. The van der Waals surface area contributed by atoms with Gasteiger partial charge in [-0.15, -0.1) is 0 Å². The van der Waals surface area contributed by atoms with E-state index in [0.29, 0.717) is 5.92 Å². The first-order valence-corrected chi connectivity index (χ1v) is 7.90. The van der Waals surface area contributed by atoms with Crippen molar-refractivity contribution in [3.63, 3.8) is 0 Å². The van der Waals surface area contributed by atoms with E-state index in [0.717, 1.165) is 12.2 Å². The van der Waals surface area contributed by atoms with Crippen LogP contribution in [0.4, 0.5) is 0 Å². The van der Waals surface area contributed by atoms with E-state index in [1.165, 1.54) is 11.1 Å². The summed E-state index contributed by atoms with van der Waals surface area (Å²) < 4.78 is 11.3. The average Bonchev–Trinajstić information content (AvgIpc) is 2.41. The van der Waals surface area contributed by atoms with Crippen LogP contribution in [0.15, 0.2) is 60.7 Å². The normalized spacial score (nSPS) is 12.6. The van der Waals surface area contributed by atoms with Gasteiger partial charge < -0.3 is 0 Å². The fraction of sp³-hybridized carbons (Fsp3) is 0.250. The first-order chi connectivity index (χ1) is 8.77. The highest BCUT2D eigenvalue weighted by atomic mass is 32.2. The third kappa shape index (κ3) is 3.54. The van der Waals surface area contributed by atoms with Crippen molar-refractivity contribution in [2.24, 2.45) is 0 Å². The van der Waals surface area contributed by atoms with Crippen molar-refractivity contribution >= 4 is 10.8 Å². The van der Waals surface area contributed by atoms with Crippen LogP contribution < -0.4 is 0 Å². The van der Waals surface area contributed by atoms with E-state index in [2.05, 4.69) is 48.5 Å². The van der Waals surface area contributed by atoms with Crippen molar-refractivity contribution in [3.8, 4) is 0 Å². The average molecular weight is 258 g/mol. The Morgan fingerprint density at radius 3 is 1.72 bits per heavy atom. The molecule has 1 nitrogen and oxygen atoms in total. The van der Waals surface area contributed by atoms with E-state index in [9.17, 15) is 4.21 Å². The molecule has 2 rings (SSSR count). The molecule has 0 aliphatic heterocycles. The van der Waals surface area contributed by atoms with Gasteiger partial charge in [-0.05, 0) is 17.5 Å². The molecule has 0 heterocycles. The molecule has 0 spiro atoms. The fourth-order valence-corrected chi connectivity index (χ4v) is 2.75. The lowest BCUT2D eigenvalue weighted by atomic mass is 9.89. The Morgan fingerprint density at radius 1 is 0.889 bits per heavy atom. The predicted octanol–water partition coefficient (Wildman–Crippen LogP) is 3.59. The van der Waals surface area contributed by atoms with Gasteiger partial charge in [0.15, 0.2) is 0 Å². The van der Waals surface area contributed by atoms with Gasteiger partial charge in [-0.2, -0.15) is 0 Å². The molecule has 94 valence electrons. The molecule has 0 aliphatic rings. The highest BCUT2D eigenvalue weighted by Crippen LogP contribution is 2.27. The molecular formula is C16H18OS. The van der Waals surface area contributed by atoms with Gasteiger partial charge in [0, 0.05) is 28.7 Å². The summed E-state index contributed by atoms with van der Waals surface area (Å²) in [6, 6.07) is 20.9. The number of hydrogen-bond acceptors (Lipinski definition) is 1. The lowest BCUT2D eigenvalue weighted by Gasteiger charge is -2.17. The van der Waals surface area contributed by atoms with Crippen molar-refractivity contribution in [3.05, 3.63) is 71.8 Å². The van der Waals surface area contributed by atoms with E-state index in [1.807, 2.05) is 12.1 Å². The summed E-state index contributed by atoms with van der Waals surface area (Å²) in [5.41, 5.74) is 2.60. The van der Waals surface area contributed by atoms with Crippen LogP contribution in [0.5, 0.6) is 0 Å². The quantitative estimate of drug-likeness (QED) is 0.801. The van der Waals surface area contributed by atoms with E-state index >= 15 is 0 Å². The van der Waals surface area contributed by atoms with Crippen LogP contribution >= 0.6 is 0 Å². The Morgan fingerprint density at radius 2 is 1.33 bits per heavy atom. The molecular weight excluding hydrogens is 240 g/mol. The molecule has 1 atom stereocenters. The van der Waals surface area contributed by atoms with Crippen LogP contribution in [0.2, 0.25) is 0 Å². The Balaban J connectivity index is 2.26. The van der Waals surface area contributed by atoms with E-state index in [-0.39, 0.29) is 0 Å². The zero-order valence-electron chi connectivity index (χ0n) is 10.6. The topological polar surface area (TPSA) is 17.1 Å². The molecule has 0 saturated heterocycles. The van der Waals surface area contributed by atoms with Crippen molar-refractivity contribution in [2.45, 2.75) is 12.3 Å². The molecule has 18 heavy (non-hydrogen) atoms. The van der Waals surface area contributed by atoms with E-state index < -0.39 is 10.8 Å². The maximum absolute atomic E-state index is 11.3. The lowest BCUT2D eigenvalue weighted by Crippen LogP contribution is -2.06. The van der Waals surface area contributed by atoms with Gasteiger partial charge in [0.25, 0.3) is 0 Å². The van der Waals surface area contributed by atoms with Crippen molar-refractivity contribution < 1.29 is 4.21 Å². The zero-order valence-corrected chi connectivity index (χ0v) is 11.4. The van der Waals surface area contributed by atoms with Gasteiger partial charge in [-0.1, -0.05) is 60.7 Å². The van der Waals surface area contributed by atoms with Crippen molar-refractivity contribution in [1.82, 2.24) is 0 Å². The van der Waals surface area contributed by atoms with Crippen molar-refractivity contribution in [1.29, 1.82) is 0 Å². The summed E-state index contributed by atoms with van der Waals surface area (Å²) in [4.78, 5) is 0. The first-order valence-electron chi connectivity index (χ1n) is 6.17. The molecule has 0 fully saturated rings. The maximum atomic E-state index is 11.3. The zero-order chi connectivity index (χ0) is 12.8. The Labute approximate surface area is 111 Å². The van der Waals surface area contributed by atoms with Gasteiger partial charge in [0.1, 0.15) is 0 Å². The SMILES string of the molecule is CS(=O)CCC(c1ccccc1)c1ccccc1. The first kappa shape index (κ1) is 13.0. The smallest absolute Gasteiger partial charge is 0.0241 e. The Hall–Kier alpha value is -1.41. The van der Waals surface area contributed by atoms with Gasteiger partial charge in [-0.3, -0.25) is 4.21 Å². The molecule has 0 aliphatic carbocycles. The highest BCUT2D eigenvalue weighted by Gasteiger charge is 2.13.